The van der Waals surface area contributed by atoms with Crippen molar-refractivity contribution in [3.05, 3.63) is 39.9 Å². The predicted molar refractivity (Wildman–Crippen MR) is 73.6 cm³/mol. The van der Waals surface area contributed by atoms with Crippen LogP contribution in [0, 0.1) is 13.8 Å². The summed E-state index contributed by atoms with van der Waals surface area (Å²) in [7, 11) is 0. The van der Waals surface area contributed by atoms with Crippen LogP contribution in [-0.4, -0.2) is 20.0 Å². The molecule has 2 heterocycles. The molecule has 3 N–H and O–H groups in total. The fourth-order valence-corrected chi connectivity index (χ4v) is 2.34. The smallest absolute Gasteiger partial charge is 0.0912 e. The molecule has 1 unspecified atom stereocenters. The van der Waals surface area contributed by atoms with E-state index in [1.807, 2.05) is 31.5 Å². The van der Waals surface area contributed by atoms with Crippen molar-refractivity contribution < 1.29 is 0 Å². The molecule has 0 radical (unpaired) electrons. The number of nitrogens with two attached hydrogens (primary N) is 1. The van der Waals surface area contributed by atoms with Gasteiger partial charge in [-0.3, -0.25) is 10.5 Å². The van der Waals surface area contributed by atoms with Crippen LogP contribution in [0.3, 0.4) is 0 Å². The zero-order valence-electron chi connectivity index (χ0n) is 11.2. The molecule has 0 spiro atoms. The van der Waals surface area contributed by atoms with Gasteiger partial charge in [-0.2, -0.15) is 15.3 Å². The van der Waals surface area contributed by atoms with Crippen molar-refractivity contribution in [1.29, 1.82) is 0 Å². The lowest BCUT2D eigenvalue weighted by molar-refractivity contribution is 0.539. The summed E-state index contributed by atoms with van der Waals surface area (Å²) in [4.78, 5) is 0. The topological polar surface area (TPSA) is 81.7 Å². The normalized spacial score (nSPS) is 12.7. The summed E-state index contributed by atoms with van der Waals surface area (Å²) in [5, 5.41) is 13.0. The third-order valence-corrected chi connectivity index (χ3v) is 3.31. The maximum absolute atomic E-state index is 6.22. The first-order valence-corrected chi connectivity index (χ1v) is 6.44. The van der Waals surface area contributed by atoms with E-state index in [9.17, 15) is 0 Å². The van der Waals surface area contributed by atoms with Gasteiger partial charge in [0, 0.05) is 12.1 Å². The molecule has 2 aromatic rings. The maximum atomic E-state index is 6.22. The van der Waals surface area contributed by atoms with Crippen molar-refractivity contribution >= 4 is 11.6 Å². The average molecular weight is 281 g/mol. The molecule has 7 heteroatoms. The molecule has 0 amide bonds. The molecular formula is C12H17ClN6. The Hall–Kier alpha value is -1.50. The Morgan fingerprint density at radius 1 is 1.42 bits per heavy atom. The standard InChI is InChI=1S/C12H17ClN6/c1-4-19-12(10(13)6-15-19)11(16-14)9-5-7(2)17-18-8(9)3/h5-6,11,16H,4,14H2,1-3H3. The lowest BCUT2D eigenvalue weighted by Crippen LogP contribution is -2.31. The predicted octanol–water partition coefficient (Wildman–Crippen LogP) is 1.52. The van der Waals surface area contributed by atoms with Crippen LogP contribution in [0.5, 0.6) is 0 Å². The van der Waals surface area contributed by atoms with Crippen LogP contribution >= 0.6 is 11.6 Å². The molecule has 0 saturated carbocycles. The highest BCUT2D eigenvalue weighted by molar-refractivity contribution is 6.31. The Balaban J connectivity index is 2.56. The van der Waals surface area contributed by atoms with E-state index in [1.54, 1.807) is 6.20 Å². The molecule has 0 aliphatic rings. The van der Waals surface area contributed by atoms with Crippen molar-refractivity contribution in [2.24, 2.45) is 5.84 Å². The third-order valence-electron chi connectivity index (χ3n) is 3.02. The van der Waals surface area contributed by atoms with E-state index in [0.29, 0.717) is 5.02 Å². The third kappa shape index (κ3) is 2.60. The van der Waals surface area contributed by atoms with Gasteiger partial charge < -0.3 is 0 Å². The van der Waals surface area contributed by atoms with Crippen LogP contribution in [0.2, 0.25) is 5.02 Å². The summed E-state index contributed by atoms with van der Waals surface area (Å²) in [6.45, 7) is 6.51. The lowest BCUT2D eigenvalue weighted by atomic mass is 10.0. The molecule has 1 atom stereocenters. The molecule has 2 aromatic heterocycles. The zero-order valence-corrected chi connectivity index (χ0v) is 11.9. The number of aromatic nitrogens is 4. The fourth-order valence-electron chi connectivity index (χ4n) is 2.09. The molecule has 0 aliphatic carbocycles. The Labute approximate surface area is 116 Å². The van der Waals surface area contributed by atoms with Crippen molar-refractivity contribution in [3.63, 3.8) is 0 Å². The van der Waals surface area contributed by atoms with Crippen molar-refractivity contribution in [1.82, 2.24) is 25.4 Å². The highest BCUT2D eigenvalue weighted by atomic mass is 35.5. The van der Waals surface area contributed by atoms with Gasteiger partial charge in [-0.25, -0.2) is 5.43 Å². The van der Waals surface area contributed by atoms with Crippen LogP contribution in [0.4, 0.5) is 0 Å². The number of rotatable bonds is 4. The van der Waals surface area contributed by atoms with Gasteiger partial charge in [-0.05, 0) is 26.8 Å². The van der Waals surface area contributed by atoms with E-state index < -0.39 is 0 Å². The van der Waals surface area contributed by atoms with Crippen molar-refractivity contribution in [3.8, 4) is 0 Å². The number of halogens is 1. The molecule has 0 bridgehead atoms. The summed E-state index contributed by atoms with van der Waals surface area (Å²) in [5.41, 5.74) is 6.22. The Morgan fingerprint density at radius 2 is 2.16 bits per heavy atom. The van der Waals surface area contributed by atoms with E-state index in [4.69, 9.17) is 17.4 Å². The average Bonchev–Trinajstić information content (AvgIpc) is 2.76. The second kappa shape index (κ2) is 5.64. The minimum atomic E-state index is -0.260. The molecule has 0 aliphatic heterocycles. The number of hydrogen-bond acceptors (Lipinski definition) is 5. The van der Waals surface area contributed by atoms with Crippen LogP contribution < -0.4 is 11.3 Å². The van der Waals surface area contributed by atoms with Gasteiger partial charge in [0.15, 0.2) is 0 Å². The Bertz CT molecular complexity index is 580. The van der Waals surface area contributed by atoms with Crippen LogP contribution in [-0.2, 0) is 6.54 Å². The summed E-state index contributed by atoms with van der Waals surface area (Å²) in [6.07, 6.45) is 1.63. The monoisotopic (exact) mass is 280 g/mol. The maximum Gasteiger partial charge on any atom is 0.0912 e. The highest BCUT2D eigenvalue weighted by Crippen LogP contribution is 2.29. The minimum absolute atomic E-state index is 0.260. The van der Waals surface area contributed by atoms with E-state index in [-0.39, 0.29) is 6.04 Å². The first-order valence-electron chi connectivity index (χ1n) is 6.06. The second-order valence-electron chi connectivity index (χ2n) is 4.32. The zero-order chi connectivity index (χ0) is 14.0. The van der Waals surface area contributed by atoms with E-state index >= 15 is 0 Å². The largest absolute Gasteiger partial charge is 0.271 e. The molecule has 102 valence electrons. The molecule has 0 fully saturated rings. The first-order chi connectivity index (χ1) is 9.08. The number of nitrogens with zero attached hydrogens (tertiary/aromatic N) is 4. The summed E-state index contributed by atoms with van der Waals surface area (Å²) in [6, 6.07) is 1.69. The quantitative estimate of drug-likeness (QED) is 0.655. The van der Waals surface area contributed by atoms with Crippen LogP contribution in [0.15, 0.2) is 12.3 Å². The van der Waals surface area contributed by atoms with Gasteiger partial charge in [0.05, 0.1) is 34.3 Å². The second-order valence-corrected chi connectivity index (χ2v) is 4.73. The summed E-state index contributed by atoms with van der Waals surface area (Å²) in [5.74, 6) is 5.71. The van der Waals surface area contributed by atoms with Gasteiger partial charge in [0.1, 0.15) is 0 Å². The molecule has 6 nitrogen and oxygen atoms in total. The summed E-state index contributed by atoms with van der Waals surface area (Å²) < 4.78 is 1.82. The molecule has 0 aromatic carbocycles. The number of nitrogens with one attached hydrogen (secondary N) is 1. The van der Waals surface area contributed by atoms with Crippen molar-refractivity contribution in [2.45, 2.75) is 33.4 Å². The highest BCUT2D eigenvalue weighted by Gasteiger charge is 2.23. The number of hydrazine groups is 1. The Kier molecular flexibility index (Phi) is 4.14. The van der Waals surface area contributed by atoms with Gasteiger partial charge in [0.2, 0.25) is 0 Å². The van der Waals surface area contributed by atoms with Crippen LogP contribution in [0.25, 0.3) is 0 Å². The van der Waals surface area contributed by atoms with Gasteiger partial charge >= 0.3 is 0 Å². The van der Waals surface area contributed by atoms with Gasteiger partial charge in [0.25, 0.3) is 0 Å². The van der Waals surface area contributed by atoms with E-state index in [0.717, 1.165) is 29.2 Å². The lowest BCUT2D eigenvalue weighted by Gasteiger charge is -2.19. The Morgan fingerprint density at radius 3 is 2.79 bits per heavy atom. The molecule has 0 saturated heterocycles. The first kappa shape index (κ1) is 13.9. The minimum Gasteiger partial charge on any atom is -0.271 e. The van der Waals surface area contributed by atoms with Crippen LogP contribution in [0.1, 0.15) is 35.6 Å². The number of aryl methyl sites for hydroxylation is 3. The van der Waals surface area contributed by atoms with E-state index in [1.165, 1.54) is 0 Å². The van der Waals surface area contributed by atoms with Gasteiger partial charge in [-0.15, -0.1) is 0 Å². The van der Waals surface area contributed by atoms with Gasteiger partial charge in [-0.1, -0.05) is 11.6 Å². The number of hydrogen-bond donors (Lipinski definition) is 2. The molecule has 19 heavy (non-hydrogen) atoms. The fraction of sp³-hybridized carbons (Fsp3) is 0.417. The molecular weight excluding hydrogens is 264 g/mol. The SMILES string of the molecule is CCn1ncc(Cl)c1C(NN)c1cc(C)nnc1C. The molecule has 2 rings (SSSR count). The summed E-state index contributed by atoms with van der Waals surface area (Å²) >= 11 is 6.22. The van der Waals surface area contributed by atoms with Crippen molar-refractivity contribution in [2.75, 3.05) is 0 Å². The van der Waals surface area contributed by atoms with E-state index in [2.05, 4.69) is 20.7 Å².